The van der Waals surface area contributed by atoms with Crippen LogP contribution in [0.15, 0.2) is 23.1 Å². The molecular weight excluding hydrogens is 284 g/mol. The van der Waals surface area contributed by atoms with Crippen LogP contribution in [0.4, 0.5) is 0 Å². The van der Waals surface area contributed by atoms with Crippen LogP contribution >= 0.6 is 12.2 Å². The number of aryl methyl sites for hydroxylation is 1. The molecule has 106 valence electrons. The van der Waals surface area contributed by atoms with E-state index in [4.69, 9.17) is 18.0 Å². The van der Waals surface area contributed by atoms with E-state index in [2.05, 4.69) is 0 Å². The number of rotatable bonds is 5. The zero-order valence-electron chi connectivity index (χ0n) is 11.1. The molecule has 1 unspecified atom stereocenters. The Labute approximate surface area is 119 Å². The minimum atomic E-state index is -3.61. The minimum Gasteiger partial charge on any atom is -0.392 e. The molecule has 0 amide bonds. The lowest BCUT2D eigenvalue weighted by Gasteiger charge is -2.19. The molecule has 0 saturated heterocycles. The van der Waals surface area contributed by atoms with E-state index in [0.717, 1.165) is 4.31 Å². The van der Waals surface area contributed by atoms with Gasteiger partial charge in [-0.05, 0) is 31.5 Å². The predicted molar refractivity (Wildman–Crippen MR) is 78.6 cm³/mol. The Morgan fingerprint density at radius 1 is 1.53 bits per heavy atom. The minimum absolute atomic E-state index is 0.0401. The summed E-state index contributed by atoms with van der Waals surface area (Å²) in [6.07, 6.45) is -0.725. The first-order valence-electron chi connectivity index (χ1n) is 5.71. The van der Waals surface area contributed by atoms with Crippen LogP contribution in [0.5, 0.6) is 0 Å². The Balaban J connectivity index is 3.16. The normalized spacial score (nSPS) is 13.5. The van der Waals surface area contributed by atoms with E-state index in [9.17, 15) is 13.5 Å². The Bertz CT molecular complexity index is 583. The van der Waals surface area contributed by atoms with Crippen LogP contribution in [0, 0.1) is 6.92 Å². The SMILES string of the molecule is Cc1cc(S(=O)(=O)N(C)CC(C)O)ccc1C(N)=S. The first kappa shape index (κ1) is 16.0. The summed E-state index contributed by atoms with van der Waals surface area (Å²) in [7, 11) is -2.18. The van der Waals surface area contributed by atoms with Gasteiger partial charge in [-0.3, -0.25) is 0 Å². The molecular formula is C12H18N2O3S2. The van der Waals surface area contributed by atoms with Gasteiger partial charge in [0.1, 0.15) is 4.99 Å². The third kappa shape index (κ3) is 3.73. The van der Waals surface area contributed by atoms with Gasteiger partial charge in [0.25, 0.3) is 0 Å². The van der Waals surface area contributed by atoms with Crippen LogP contribution in [0.1, 0.15) is 18.1 Å². The van der Waals surface area contributed by atoms with Crippen LogP contribution < -0.4 is 5.73 Å². The van der Waals surface area contributed by atoms with Crippen molar-refractivity contribution in [1.29, 1.82) is 0 Å². The van der Waals surface area contributed by atoms with E-state index in [0.29, 0.717) is 11.1 Å². The van der Waals surface area contributed by atoms with Crippen molar-refractivity contribution in [3.05, 3.63) is 29.3 Å². The molecule has 0 radical (unpaired) electrons. The van der Waals surface area contributed by atoms with Gasteiger partial charge in [0.05, 0.1) is 11.0 Å². The number of aliphatic hydroxyl groups excluding tert-OH is 1. The number of likely N-dealkylation sites (N-methyl/N-ethyl adjacent to an activating group) is 1. The van der Waals surface area contributed by atoms with Gasteiger partial charge in [0.2, 0.25) is 10.0 Å². The lowest BCUT2D eigenvalue weighted by molar-refractivity contribution is 0.171. The Morgan fingerprint density at radius 3 is 2.53 bits per heavy atom. The van der Waals surface area contributed by atoms with Crippen molar-refractivity contribution in [2.45, 2.75) is 24.8 Å². The highest BCUT2D eigenvalue weighted by Crippen LogP contribution is 2.18. The summed E-state index contributed by atoms with van der Waals surface area (Å²) in [6, 6.07) is 4.60. The lowest BCUT2D eigenvalue weighted by Crippen LogP contribution is -2.33. The summed E-state index contributed by atoms with van der Waals surface area (Å²) in [5.74, 6) is 0. The second-order valence-corrected chi connectivity index (χ2v) is 6.96. The van der Waals surface area contributed by atoms with Crippen molar-refractivity contribution >= 4 is 27.2 Å². The van der Waals surface area contributed by atoms with Crippen LogP contribution in [0.25, 0.3) is 0 Å². The van der Waals surface area contributed by atoms with Gasteiger partial charge in [0.15, 0.2) is 0 Å². The van der Waals surface area contributed by atoms with Crippen molar-refractivity contribution in [2.75, 3.05) is 13.6 Å². The summed E-state index contributed by atoms with van der Waals surface area (Å²) in [5, 5.41) is 9.26. The maximum absolute atomic E-state index is 12.3. The van der Waals surface area contributed by atoms with Gasteiger partial charge in [-0.15, -0.1) is 0 Å². The number of benzene rings is 1. The van der Waals surface area contributed by atoms with E-state index >= 15 is 0 Å². The summed E-state index contributed by atoms with van der Waals surface area (Å²) < 4.78 is 25.6. The Morgan fingerprint density at radius 2 is 2.11 bits per heavy atom. The third-order valence-corrected chi connectivity index (χ3v) is 4.73. The van der Waals surface area contributed by atoms with Crippen molar-refractivity contribution in [2.24, 2.45) is 5.73 Å². The number of nitrogens with zero attached hydrogens (tertiary/aromatic N) is 1. The number of hydrogen-bond donors (Lipinski definition) is 2. The lowest BCUT2D eigenvalue weighted by atomic mass is 10.1. The molecule has 0 aliphatic carbocycles. The van der Waals surface area contributed by atoms with Gasteiger partial charge in [-0.2, -0.15) is 4.31 Å². The van der Waals surface area contributed by atoms with Gasteiger partial charge < -0.3 is 10.8 Å². The van der Waals surface area contributed by atoms with E-state index in [1.807, 2.05) is 0 Å². The molecule has 1 atom stereocenters. The van der Waals surface area contributed by atoms with Crippen LogP contribution in [-0.2, 0) is 10.0 Å². The smallest absolute Gasteiger partial charge is 0.242 e. The number of thiocarbonyl (C=S) groups is 1. The van der Waals surface area contributed by atoms with Crippen LogP contribution in [0.2, 0.25) is 0 Å². The van der Waals surface area contributed by atoms with Crippen LogP contribution in [-0.4, -0.2) is 42.5 Å². The van der Waals surface area contributed by atoms with Gasteiger partial charge in [-0.1, -0.05) is 18.3 Å². The fraction of sp³-hybridized carbons (Fsp3) is 0.417. The van der Waals surface area contributed by atoms with Crippen molar-refractivity contribution in [3.63, 3.8) is 0 Å². The monoisotopic (exact) mass is 302 g/mol. The molecule has 0 spiro atoms. The maximum Gasteiger partial charge on any atom is 0.242 e. The highest BCUT2D eigenvalue weighted by atomic mass is 32.2. The summed E-state index contributed by atoms with van der Waals surface area (Å²) in [6.45, 7) is 3.33. The molecule has 0 aliphatic rings. The largest absolute Gasteiger partial charge is 0.392 e. The molecule has 1 aromatic rings. The average molecular weight is 302 g/mol. The van der Waals surface area contributed by atoms with E-state index in [1.54, 1.807) is 13.0 Å². The van der Waals surface area contributed by atoms with Crippen molar-refractivity contribution in [1.82, 2.24) is 4.31 Å². The highest BCUT2D eigenvalue weighted by molar-refractivity contribution is 7.89. The average Bonchev–Trinajstić information content (AvgIpc) is 2.27. The highest BCUT2D eigenvalue weighted by Gasteiger charge is 2.22. The Hall–Kier alpha value is -1.02. The molecule has 0 bridgehead atoms. The van der Waals surface area contributed by atoms with Gasteiger partial charge in [-0.25, -0.2) is 8.42 Å². The summed E-state index contributed by atoms with van der Waals surface area (Å²) in [4.78, 5) is 0.395. The number of hydrogen-bond acceptors (Lipinski definition) is 4. The summed E-state index contributed by atoms with van der Waals surface area (Å²) in [5.41, 5.74) is 6.90. The molecule has 0 saturated carbocycles. The van der Waals surface area contributed by atoms with Crippen molar-refractivity contribution < 1.29 is 13.5 Å². The number of nitrogens with two attached hydrogens (primary N) is 1. The molecule has 0 heterocycles. The first-order chi connectivity index (χ1) is 8.66. The Kier molecular flexibility index (Phi) is 5.03. The van der Waals surface area contributed by atoms with Crippen LogP contribution in [0.3, 0.4) is 0 Å². The standard InChI is InChI=1S/C12H18N2O3S2/c1-8-6-10(4-5-11(8)12(13)18)19(16,17)14(3)7-9(2)15/h4-6,9,15H,7H2,1-3H3,(H2,13,18). The fourth-order valence-corrected chi connectivity index (χ4v) is 3.29. The van der Waals surface area contributed by atoms with E-state index < -0.39 is 16.1 Å². The zero-order valence-corrected chi connectivity index (χ0v) is 12.8. The van der Waals surface area contributed by atoms with Gasteiger partial charge in [0, 0.05) is 19.2 Å². The van der Waals surface area contributed by atoms with Gasteiger partial charge >= 0.3 is 0 Å². The third-order valence-electron chi connectivity index (χ3n) is 2.69. The molecule has 5 nitrogen and oxygen atoms in total. The fourth-order valence-electron chi connectivity index (χ4n) is 1.72. The number of sulfonamides is 1. The molecule has 0 fully saturated rings. The predicted octanol–water partition coefficient (Wildman–Crippen LogP) is 0.631. The second kappa shape index (κ2) is 5.96. The van der Waals surface area contributed by atoms with E-state index in [-0.39, 0.29) is 16.4 Å². The molecule has 0 aromatic heterocycles. The topological polar surface area (TPSA) is 83.6 Å². The first-order valence-corrected chi connectivity index (χ1v) is 7.56. The quantitative estimate of drug-likeness (QED) is 0.780. The maximum atomic E-state index is 12.3. The molecule has 19 heavy (non-hydrogen) atoms. The zero-order chi connectivity index (χ0) is 14.8. The molecule has 3 N–H and O–H groups in total. The molecule has 1 aromatic carbocycles. The summed E-state index contributed by atoms with van der Waals surface area (Å²) >= 11 is 4.88. The van der Waals surface area contributed by atoms with Crippen molar-refractivity contribution in [3.8, 4) is 0 Å². The van der Waals surface area contributed by atoms with E-state index in [1.165, 1.54) is 26.1 Å². The molecule has 1 rings (SSSR count). The number of aliphatic hydroxyl groups is 1. The molecule has 0 aliphatic heterocycles. The second-order valence-electron chi connectivity index (χ2n) is 4.48. The molecule has 7 heteroatoms.